The zero-order valence-corrected chi connectivity index (χ0v) is 11.3. The number of ketones is 1. The van der Waals surface area contributed by atoms with Gasteiger partial charge in [0.15, 0.2) is 5.78 Å². The van der Waals surface area contributed by atoms with Crippen molar-refractivity contribution in [1.29, 1.82) is 0 Å². The molecule has 0 radical (unpaired) electrons. The summed E-state index contributed by atoms with van der Waals surface area (Å²) < 4.78 is 5.53. The highest BCUT2D eigenvalue weighted by Gasteiger charge is 2.45. The first kappa shape index (κ1) is 13.0. The molecule has 0 aromatic rings. The van der Waals surface area contributed by atoms with Crippen LogP contribution in [0.4, 0.5) is 0 Å². The minimum Gasteiger partial charge on any atom is -0.380 e. The molecule has 0 amide bonds. The van der Waals surface area contributed by atoms with Crippen LogP contribution in [-0.4, -0.2) is 42.6 Å². The number of Topliss-reactive ketones (excluding diaryl/α,β-unsaturated/α-hetero) is 1. The molecule has 0 aliphatic carbocycles. The fraction of sp³-hybridized carbons (Fsp3) is 0.923. The van der Waals surface area contributed by atoms with Gasteiger partial charge in [-0.3, -0.25) is 10.2 Å². The first-order valence-electron chi connectivity index (χ1n) is 6.54. The lowest BCUT2D eigenvalue weighted by Crippen LogP contribution is -2.58. The van der Waals surface area contributed by atoms with Crippen LogP contribution in [0.5, 0.6) is 0 Å². The van der Waals surface area contributed by atoms with Crippen LogP contribution in [0.25, 0.3) is 0 Å². The normalized spacial score (nSPS) is 34.7. The molecular weight excluding hydrogens is 216 g/mol. The van der Waals surface area contributed by atoms with Gasteiger partial charge < -0.3 is 4.74 Å². The van der Waals surface area contributed by atoms with Gasteiger partial charge in [0.2, 0.25) is 0 Å². The summed E-state index contributed by atoms with van der Waals surface area (Å²) >= 11 is 0. The van der Waals surface area contributed by atoms with Crippen LogP contribution in [0.1, 0.15) is 40.0 Å². The number of hydrogen-bond acceptors (Lipinski definition) is 4. The van der Waals surface area contributed by atoms with Crippen molar-refractivity contribution >= 4 is 5.78 Å². The summed E-state index contributed by atoms with van der Waals surface area (Å²) in [6.07, 6.45) is 3.24. The lowest BCUT2D eigenvalue weighted by molar-refractivity contribution is -0.139. The van der Waals surface area contributed by atoms with Crippen LogP contribution >= 0.6 is 0 Å². The molecule has 0 aromatic heterocycles. The molecule has 1 N–H and O–H groups in total. The minimum atomic E-state index is -0.264. The van der Waals surface area contributed by atoms with Crippen molar-refractivity contribution in [3.8, 4) is 0 Å². The van der Waals surface area contributed by atoms with Gasteiger partial charge >= 0.3 is 0 Å². The molecule has 2 aliphatic rings. The molecule has 4 nitrogen and oxygen atoms in total. The summed E-state index contributed by atoms with van der Waals surface area (Å²) in [7, 11) is 1.77. The van der Waals surface area contributed by atoms with Gasteiger partial charge in [-0.1, -0.05) is 20.8 Å². The third kappa shape index (κ3) is 2.39. The number of methoxy groups -OCH3 is 1. The number of carbonyl (C=O) groups is 1. The van der Waals surface area contributed by atoms with Gasteiger partial charge in [-0.25, -0.2) is 5.01 Å². The highest BCUT2D eigenvalue weighted by Crippen LogP contribution is 2.32. The quantitative estimate of drug-likeness (QED) is 0.791. The van der Waals surface area contributed by atoms with E-state index in [4.69, 9.17) is 4.74 Å². The van der Waals surface area contributed by atoms with Crippen molar-refractivity contribution in [2.45, 2.75) is 58.2 Å². The summed E-state index contributed by atoms with van der Waals surface area (Å²) in [5, 5.41) is 2.16. The zero-order valence-electron chi connectivity index (χ0n) is 11.3. The van der Waals surface area contributed by atoms with Crippen LogP contribution in [0, 0.1) is 5.41 Å². The van der Waals surface area contributed by atoms with Crippen LogP contribution in [0.15, 0.2) is 0 Å². The second-order valence-electron chi connectivity index (χ2n) is 6.15. The van der Waals surface area contributed by atoms with Gasteiger partial charge in [0, 0.05) is 19.1 Å². The smallest absolute Gasteiger partial charge is 0.156 e. The summed E-state index contributed by atoms with van der Waals surface area (Å²) in [5.41, 5.74) is 3.09. The predicted molar refractivity (Wildman–Crippen MR) is 66.5 cm³/mol. The van der Waals surface area contributed by atoms with Gasteiger partial charge in [-0.2, -0.15) is 0 Å². The van der Waals surface area contributed by atoms with Crippen molar-refractivity contribution in [3.05, 3.63) is 0 Å². The summed E-state index contributed by atoms with van der Waals surface area (Å²) in [6.45, 7) is 6.97. The fourth-order valence-electron chi connectivity index (χ4n) is 2.99. The Labute approximate surface area is 104 Å². The maximum absolute atomic E-state index is 12.4. The molecule has 98 valence electrons. The Kier molecular flexibility index (Phi) is 3.57. The van der Waals surface area contributed by atoms with Gasteiger partial charge in [0.1, 0.15) is 0 Å². The SMILES string of the molecule is COC1CCC(C(=O)C(C)(C)C)N2NCCC12. The first-order chi connectivity index (χ1) is 7.95. The van der Waals surface area contributed by atoms with E-state index in [0.29, 0.717) is 11.8 Å². The molecule has 2 fully saturated rings. The molecule has 2 heterocycles. The van der Waals surface area contributed by atoms with E-state index in [2.05, 4.69) is 10.4 Å². The molecule has 4 heteroatoms. The molecule has 0 spiro atoms. The number of rotatable bonds is 2. The maximum Gasteiger partial charge on any atom is 0.156 e. The summed E-state index contributed by atoms with van der Waals surface area (Å²) in [5.74, 6) is 0.339. The molecule has 0 bridgehead atoms. The number of carbonyl (C=O) groups excluding carboxylic acids is 1. The van der Waals surface area contributed by atoms with E-state index in [9.17, 15) is 4.79 Å². The number of hydrazine groups is 1. The fourth-order valence-corrected chi connectivity index (χ4v) is 2.99. The summed E-state index contributed by atoms with van der Waals surface area (Å²) in [6, 6.07) is 0.388. The minimum absolute atomic E-state index is 0.0221. The van der Waals surface area contributed by atoms with E-state index in [-0.39, 0.29) is 17.6 Å². The largest absolute Gasteiger partial charge is 0.380 e. The molecular formula is C13H24N2O2. The average Bonchev–Trinajstić information content (AvgIpc) is 2.74. The van der Waals surface area contributed by atoms with Crippen LogP contribution < -0.4 is 5.43 Å². The molecule has 3 atom stereocenters. The first-order valence-corrected chi connectivity index (χ1v) is 6.54. The second kappa shape index (κ2) is 4.67. The van der Waals surface area contributed by atoms with E-state index in [1.54, 1.807) is 7.11 Å². The summed E-state index contributed by atoms with van der Waals surface area (Å²) in [4.78, 5) is 12.4. The molecule has 17 heavy (non-hydrogen) atoms. The maximum atomic E-state index is 12.4. The van der Waals surface area contributed by atoms with Crippen molar-refractivity contribution in [1.82, 2.24) is 10.4 Å². The Balaban J connectivity index is 2.13. The van der Waals surface area contributed by atoms with E-state index in [1.807, 2.05) is 20.8 Å². The van der Waals surface area contributed by atoms with Gasteiger partial charge in [-0.15, -0.1) is 0 Å². The van der Waals surface area contributed by atoms with E-state index < -0.39 is 0 Å². The van der Waals surface area contributed by atoms with Gasteiger partial charge in [-0.05, 0) is 19.3 Å². The number of piperidine rings is 1. The third-order valence-electron chi connectivity index (χ3n) is 3.93. The van der Waals surface area contributed by atoms with Crippen LogP contribution in [-0.2, 0) is 9.53 Å². The molecule has 2 saturated heterocycles. The topological polar surface area (TPSA) is 41.6 Å². The van der Waals surface area contributed by atoms with Crippen molar-refractivity contribution in [3.63, 3.8) is 0 Å². The van der Waals surface area contributed by atoms with Crippen molar-refractivity contribution < 1.29 is 9.53 Å². The van der Waals surface area contributed by atoms with Gasteiger partial charge in [0.25, 0.3) is 0 Å². The molecule has 0 saturated carbocycles. The third-order valence-corrected chi connectivity index (χ3v) is 3.93. The Hall–Kier alpha value is -0.450. The van der Waals surface area contributed by atoms with E-state index in [1.165, 1.54) is 0 Å². The number of nitrogens with one attached hydrogen (secondary N) is 1. The molecule has 0 aromatic carbocycles. The Morgan fingerprint density at radius 1 is 1.29 bits per heavy atom. The van der Waals surface area contributed by atoms with Gasteiger partial charge in [0.05, 0.1) is 18.2 Å². The zero-order chi connectivity index (χ0) is 12.6. The lowest BCUT2D eigenvalue weighted by Gasteiger charge is -2.42. The highest BCUT2D eigenvalue weighted by atomic mass is 16.5. The number of hydrogen-bond donors (Lipinski definition) is 1. The van der Waals surface area contributed by atoms with Crippen molar-refractivity contribution in [2.24, 2.45) is 5.41 Å². The van der Waals surface area contributed by atoms with Crippen molar-refractivity contribution in [2.75, 3.05) is 13.7 Å². The van der Waals surface area contributed by atoms with E-state index in [0.717, 1.165) is 25.8 Å². The Morgan fingerprint density at radius 2 is 2.00 bits per heavy atom. The monoisotopic (exact) mass is 240 g/mol. The van der Waals surface area contributed by atoms with E-state index >= 15 is 0 Å². The number of fused-ring (bicyclic) bond motifs is 1. The second-order valence-corrected chi connectivity index (χ2v) is 6.15. The lowest BCUT2D eigenvalue weighted by atomic mass is 9.81. The Morgan fingerprint density at radius 3 is 2.59 bits per heavy atom. The molecule has 2 aliphatic heterocycles. The average molecular weight is 240 g/mol. The van der Waals surface area contributed by atoms with Crippen LogP contribution in [0.2, 0.25) is 0 Å². The standard InChI is InChI=1S/C13H24N2O2/c1-13(2,3)12(16)10-5-6-11(17-4)9-7-8-14-15(9)10/h9-11,14H,5-8H2,1-4H3. The highest BCUT2D eigenvalue weighted by molar-refractivity contribution is 5.88. The Bertz CT molecular complexity index is 298. The van der Waals surface area contributed by atoms with Crippen LogP contribution in [0.3, 0.4) is 0 Å². The number of nitrogens with zero attached hydrogens (tertiary/aromatic N) is 1. The molecule has 2 rings (SSSR count). The molecule has 3 unspecified atom stereocenters. The number of ether oxygens (including phenoxy) is 1. The predicted octanol–water partition coefficient (Wildman–Crippen LogP) is 1.36.